The van der Waals surface area contributed by atoms with E-state index in [1.165, 1.54) is 6.07 Å². The van der Waals surface area contributed by atoms with Crippen LogP contribution in [0.2, 0.25) is 0 Å². The Bertz CT molecular complexity index is 552. The first kappa shape index (κ1) is 13.3. The number of anilines is 1. The van der Waals surface area contributed by atoms with Gasteiger partial charge in [0.25, 0.3) is 6.43 Å². The molecule has 1 rings (SSSR count). The highest BCUT2D eigenvalue weighted by atomic mass is 32.2. The van der Waals surface area contributed by atoms with Crippen molar-refractivity contribution in [3.8, 4) is 6.07 Å². The predicted octanol–water partition coefficient (Wildman–Crippen LogP) is 0.684. The van der Waals surface area contributed by atoms with Crippen molar-refractivity contribution in [3.63, 3.8) is 0 Å². The number of nitrogens with one attached hydrogen (secondary N) is 1. The molecule has 0 aliphatic heterocycles. The Morgan fingerprint density at radius 3 is 2.59 bits per heavy atom. The van der Waals surface area contributed by atoms with Gasteiger partial charge in [-0.15, -0.1) is 0 Å². The normalized spacial score (nSPS) is 11.4. The molecule has 0 bridgehead atoms. The number of hydrogen-bond donors (Lipinski definition) is 2. The van der Waals surface area contributed by atoms with Crippen LogP contribution in [0.3, 0.4) is 0 Å². The third-order valence-electron chi connectivity index (χ3n) is 1.86. The van der Waals surface area contributed by atoms with Crippen LogP contribution in [-0.4, -0.2) is 21.4 Å². The zero-order valence-corrected chi connectivity index (χ0v) is 9.34. The first-order valence-electron chi connectivity index (χ1n) is 4.44. The Morgan fingerprint density at radius 2 is 2.12 bits per heavy atom. The molecule has 0 saturated carbocycles. The summed E-state index contributed by atoms with van der Waals surface area (Å²) in [5.41, 5.74) is 5.46. The smallest absolute Gasteiger partial charge is 0.251 e. The van der Waals surface area contributed by atoms with Crippen LogP contribution in [0.4, 0.5) is 14.5 Å². The molecule has 0 fully saturated rings. The third-order valence-corrected chi connectivity index (χ3v) is 3.35. The number of sulfonamides is 1. The van der Waals surface area contributed by atoms with Crippen LogP contribution >= 0.6 is 0 Å². The van der Waals surface area contributed by atoms with E-state index in [4.69, 9.17) is 11.0 Å². The van der Waals surface area contributed by atoms with E-state index in [1.807, 2.05) is 0 Å². The largest absolute Gasteiger partial charge is 0.398 e. The molecule has 5 nitrogen and oxygen atoms in total. The van der Waals surface area contributed by atoms with Crippen molar-refractivity contribution in [2.45, 2.75) is 11.3 Å². The third kappa shape index (κ3) is 3.37. The quantitative estimate of drug-likeness (QED) is 0.779. The maximum Gasteiger partial charge on any atom is 0.251 e. The van der Waals surface area contributed by atoms with Crippen LogP contribution in [0.1, 0.15) is 5.56 Å². The zero-order valence-electron chi connectivity index (χ0n) is 8.52. The average molecular weight is 261 g/mol. The number of nitriles is 1. The number of hydrogen-bond acceptors (Lipinski definition) is 4. The molecule has 0 atom stereocenters. The number of benzene rings is 1. The number of halogens is 2. The minimum atomic E-state index is -4.08. The van der Waals surface area contributed by atoms with Crippen LogP contribution in [0.25, 0.3) is 0 Å². The zero-order chi connectivity index (χ0) is 13.1. The number of nitrogens with two attached hydrogens (primary N) is 1. The molecule has 0 radical (unpaired) electrons. The number of rotatable bonds is 4. The first-order valence-corrected chi connectivity index (χ1v) is 5.92. The molecular weight excluding hydrogens is 252 g/mol. The van der Waals surface area contributed by atoms with Crippen molar-refractivity contribution < 1.29 is 17.2 Å². The van der Waals surface area contributed by atoms with Crippen LogP contribution in [0, 0.1) is 11.3 Å². The molecule has 0 heterocycles. The van der Waals surface area contributed by atoms with E-state index < -0.39 is 23.0 Å². The Morgan fingerprint density at radius 1 is 1.47 bits per heavy atom. The predicted molar refractivity (Wildman–Crippen MR) is 56.8 cm³/mol. The summed E-state index contributed by atoms with van der Waals surface area (Å²) in [7, 11) is -4.08. The fourth-order valence-corrected chi connectivity index (χ4v) is 2.23. The maximum atomic E-state index is 11.9. The molecule has 0 aromatic heterocycles. The van der Waals surface area contributed by atoms with Crippen LogP contribution in [-0.2, 0) is 10.0 Å². The molecule has 0 aliphatic rings. The molecule has 0 saturated heterocycles. The van der Waals surface area contributed by atoms with Gasteiger partial charge >= 0.3 is 0 Å². The average Bonchev–Trinajstić information content (AvgIpc) is 2.26. The van der Waals surface area contributed by atoms with E-state index in [0.29, 0.717) is 0 Å². The molecule has 0 aliphatic carbocycles. The lowest BCUT2D eigenvalue weighted by atomic mass is 10.2. The first-order chi connectivity index (χ1) is 7.86. The van der Waals surface area contributed by atoms with Gasteiger partial charge in [-0.2, -0.15) is 5.26 Å². The van der Waals surface area contributed by atoms with Gasteiger partial charge in [0.15, 0.2) is 0 Å². The van der Waals surface area contributed by atoms with E-state index >= 15 is 0 Å². The molecule has 1 aromatic carbocycles. The lowest BCUT2D eigenvalue weighted by molar-refractivity contribution is 0.153. The molecule has 0 unspecified atom stereocenters. The SMILES string of the molecule is N#Cc1ccc(S(=O)(=O)NCC(F)F)c(N)c1. The molecule has 0 amide bonds. The summed E-state index contributed by atoms with van der Waals surface area (Å²) in [5, 5.41) is 8.56. The van der Waals surface area contributed by atoms with Crippen molar-refractivity contribution in [1.82, 2.24) is 4.72 Å². The van der Waals surface area contributed by atoms with Crippen molar-refractivity contribution in [3.05, 3.63) is 23.8 Å². The second-order valence-electron chi connectivity index (χ2n) is 3.11. The number of nitrogen functional groups attached to an aromatic ring is 1. The minimum Gasteiger partial charge on any atom is -0.398 e. The fourth-order valence-electron chi connectivity index (χ4n) is 1.11. The molecule has 1 aromatic rings. The van der Waals surface area contributed by atoms with Gasteiger partial charge in [0.1, 0.15) is 4.90 Å². The Hall–Kier alpha value is -1.72. The Balaban J connectivity index is 3.04. The van der Waals surface area contributed by atoms with Gasteiger partial charge in [-0.25, -0.2) is 21.9 Å². The lowest BCUT2D eigenvalue weighted by Gasteiger charge is -2.08. The monoisotopic (exact) mass is 261 g/mol. The van der Waals surface area contributed by atoms with Crippen LogP contribution in [0.5, 0.6) is 0 Å². The lowest BCUT2D eigenvalue weighted by Crippen LogP contribution is -2.29. The number of nitrogens with zero attached hydrogens (tertiary/aromatic N) is 1. The Kier molecular flexibility index (Phi) is 3.98. The van der Waals surface area contributed by atoms with Gasteiger partial charge in [0, 0.05) is 0 Å². The molecule has 92 valence electrons. The molecule has 0 spiro atoms. The highest BCUT2D eigenvalue weighted by Gasteiger charge is 2.19. The summed E-state index contributed by atoms with van der Waals surface area (Å²) in [4.78, 5) is -0.322. The van der Waals surface area contributed by atoms with Gasteiger partial charge in [0.05, 0.1) is 23.9 Å². The van der Waals surface area contributed by atoms with Gasteiger partial charge in [-0.05, 0) is 18.2 Å². The molecule has 8 heteroatoms. The van der Waals surface area contributed by atoms with Crippen molar-refractivity contribution >= 4 is 15.7 Å². The Labute approximate surface area is 96.9 Å². The fraction of sp³-hybridized carbons (Fsp3) is 0.222. The number of alkyl halides is 2. The van der Waals surface area contributed by atoms with E-state index in [9.17, 15) is 17.2 Å². The van der Waals surface area contributed by atoms with Gasteiger partial charge in [-0.1, -0.05) is 0 Å². The van der Waals surface area contributed by atoms with Gasteiger partial charge < -0.3 is 5.73 Å². The topological polar surface area (TPSA) is 96.0 Å². The van der Waals surface area contributed by atoms with Crippen LogP contribution < -0.4 is 10.5 Å². The highest BCUT2D eigenvalue weighted by molar-refractivity contribution is 7.89. The maximum absolute atomic E-state index is 11.9. The summed E-state index contributed by atoms with van der Waals surface area (Å²) < 4.78 is 48.6. The molecule has 17 heavy (non-hydrogen) atoms. The standard InChI is InChI=1S/C9H9F2N3O2S/c10-9(11)5-14-17(15,16)8-2-1-6(4-12)3-7(8)13/h1-3,9,14H,5,13H2. The molecule has 3 N–H and O–H groups in total. The summed E-state index contributed by atoms with van der Waals surface area (Å²) >= 11 is 0. The molecular formula is C9H9F2N3O2S. The minimum absolute atomic E-state index is 0.161. The van der Waals surface area contributed by atoms with Crippen molar-refractivity contribution in [2.75, 3.05) is 12.3 Å². The summed E-state index contributed by atoms with van der Waals surface area (Å²) in [6.07, 6.45) is -2.79. The summed E-state index contributed by atoms with van der Waals surface area (Å²) in [6.45, 7) is -0.984. The van der Waals surface area contributed by atoms with E-state index in [1.54, 1.807) is 10.8 Å². The van der Waals surface area contributed by atoms with E-state index in [-0.39, 0.29) is 16.1 Å². The highest BCUT2D eigenvalue weighted by Crippen LogP contribution is 2.19. The van der Waals surface area contributed by atoms with E-state index in [0.717, 1.165) is 12.1 Å². The van der Waals surface area contributed by atoms with Crippen molar-refractivity contribution in [1.29, 1.82) is 5.26 Å². The second kappa shape index (κ2) is 5.07. The van der Waals surface area contributed by atoms with Crippen LogP contribution in [0.15, 0.2) is 23.1 Å². The van der Waals surface area contributed by atoms with E-state index in [2.05, 4.69) is 0 Å². The summed E-state index contributed by atoms with van der Waals surface area (Å²) in [5.74, 6) is 0. The van der Waals surface area contributed by atoms with Crippen molar-refractivity contribution in [2.24, 2.45) is 0 Å². The van der Waals surface area contributed by atoms with Gasteiger partial charge in [0.2, 0.25) is 10.0 Å². The second-order valence-corrected chi connectivity index (χ2v) is 4.84. The summed E-state index contributed by atoms with van der Waals surface area (Å²) in [6, 6.07) is 5.29. The van der Waals surface area contributed by atoms with Gasteiger partial charge in [-0.3, -0.25) is 0 Å².